The molecule has 1 atom stereocenters. The predicted octanol–water partition coefficient (Wildman–Crippen LogP) is 1.39. The van der Waals surface area contributed by atoms with Crippen LogP contribution in [0.15, 0.2) is 24.3 Å². The SMILES string of the molecule is COc1ccc(CNC(=O)[C@@H](CC(C)C)NC(N)=O)cc1. The van der Waals surface area contributed by atoms with Gasteiger partial charge in [-0.15, -0.1) is 0 Å². The molecule has 3 amide bonds. The quantitative estimate of drug-likeness (QED) is 0.709. The van der Waals surface area contributed by atoms with E-state index in [4.69, 9.17) is 10.5 Å². The molecule has 0 aliphatic heterocycles. The van der Waals surface area contributed by atoms with Gasteiger partial charge in [-0.05, 0) is 30.0 Å². The molecule has 0 spiro atoms. The van der Waals surface area contributed by atoms with Gasteiger partial charge in [0.1, 0.15) is 11.8 Å². The molecule has 0 aliphatic rings. The second-order valence-corrected chi connectivity index (χ2v) is 5.26. The molecule has 1 aromatic carbocycles. The fraction of sp³-hybridized carbons (Fsp3) is 0.467. The molecule has 0 unspecified atom stereocenters. The lowest BCUT2D eigenvalue weighted by atomic mass is 10.0. The summed E-state index contributed by atoms with van der Waals surface area (Å²) in [7, 11) is 1.60. The summed E-state index contributed by atoms with van der Waals surface area (Å²) in [5.74, 6) is 0.796. The molecule has 0 saturated heterocycles. The van der Waals surface area contributed by atoms with E-state index in [1.807, 2.05) is 38.1 Å². The lowest BCUT2D eigenvalue weighted by molar-refractivity contribution is -0.123. The Morgan fingerprint density at radius 3 is 2.33 bits per heavy atom. The average Bonchev–Trinajstić information content (AvgIpc) is 2.43. The first-order valence-corrected chi connectivity index (χ1v) is 6.89. The van der Waals surface area contributed by atoms with Crippen molar-refractivity contribution in [1.29, 1.82) is 0 Å². The van der Waals surface area contributed by atoms with Crippen molar-refractivity contribution in [2.75, 3.05) is 7.11 Å². The van der Waals surface area contributed by atoms with Gasteiger partial charge in [-0.2, -0.15) is 0 Å². The van der Waals surface area contributed by atoms with Crippen LogP contribution >= 0.6 is 0 Å². The molecule has 0 aromatic heterocycles. The van der Waals surface area contributed by atoms with Gasteiger partial charge >= 0.3 is 6.03 Å². The minimum Gasteiger partial charge on any atom is -0.497 e. The minimum atomic E-state index is -0.694. The highest BCUT2D eigenvalue weighted by atomic mass is 16.5. The molecular formula is C15H23N3O3. The van der Waals surface area contributed by atoms with Crippen molar-refractivity contribution in [2.45, 2.75) is 32.9 Å². The van der Waals surface area contributed by atoms with Gasteiger partial charge in [0.2, 0.25) is 5.91 Å². The molecule has 21 heavy (non-hydrogen) atoms. The number of nitrogens with two attached hydrogens (primary N) is 1. The number of urea groups is 1. The van der Waals surface area contributed by atoms with Gasteiger partial charge in [0.15, 0.2) is 0 Å². The zero-order chi connectivity index (χ0) is 15.8. The number of benzene rings is 1. The molecule has 0 bridgehead atoms. The van der Waals surface area contributed by atoms with Crippen LogP contribution < -0.4 is 21.1 Å². The third-order valence-corrected chi connectivity index (χ3v) is 2.97. The van der Waals surface area contributed by atoms with Gasteiger partial charge in [-0.25, -0.2) is 4.79 Å². The minimum absolute atomic E-state index is 0.238. The summed E-state index contributed by atoms with van der Waals surface area (Å²) in [6.07, 6.45) is 0.539. The Morgan fingerprint density at radius 2 is 1.86 bits per heavy atom. The molecule has 0 heterocycles. The second-order valence-electron chi connectivity index (χ2n) is 5.26. The summed E-state index contributed by atoms with van der Waals surface area (Å²) in [6, 6.07) is 6.10. The fourth-order valence-corrected chi connectivity index (χ4v) is 1.93. The monoisotopic (exact) mass is 293 g/mol. The topological polar surface area (TPSA) is 93.4 Å². The Kier molecular flexibility index (Phi) is 6.52. The number of primary amides is 1. The largest absolute Gasteiger partial charge is 0.497 e. The molecule has 4 N–H and O–H groups in total. The highest BCUT2D eigenvalue weighted by Crippen LogP contribution is 2.11. The molecule has 1 aromatic rings. The Balaban J connectivity index is 2.57. The number of amides is 3. The van der Waals surface area contributed by atoms with Crippen molar-refractivity contribution < 1.29 is 14.3 Å². The zero-order valence-corrected chi connectivity index (χ0v) is 12.7. The van der Waals surface area contributed by atoms with Gasteiger partial charge in [-0.3, -0.25) is 4.79 Å². The number of carbonyl (C=O) groups is 2. The third kappa shape index (κ3) is 6.16. The Hall–Kier alpha value is -2.24. The maximum absolute atomic E-state index is 12.1. The maximum Gasteiger partial charge on any atom is 0.312 e. The van der Waals surface area contributed by atoms with E-state index in [0.29, 0.717) is 13.0 Å². The molecule has 1 rings (SSSR count). The predicted molar refractivity (Wildman–Crippen MR) is 80.8 cm³/mol. The number of hydrogen-bond donors (Lipinski definition) is 3. The molecule has 0 aliphatic carbocycles. The number of nitrogens with one attached hydrogen (secondary N) is 2. The van der Waals surface area contributed by atoms with Gasteiger partial charge in [0.25, 0.3) is 0 Å². The summed E-state index contributed by atoms with van der Waals surface area (Å²) in [5, 5.41) is 5.27. The van der Waals surface area contributed by atoms with Gasteiger partial charge in [0, 0.05) is 6.54 Å². The first-order valence-electron chi connectivity index (χ1n) is 6.89. The van der Waals surface area contributed by atoms with E-state index in [1.165, 1.54) is 0 Å². The van der Waals surface area contributed by atoms with Crippen LogP contribution in [0.3, 0.4) is 0 Å². The Morgan fingerprint density at radius 1 is 1.24 bits per heavy atom. The standard InChI is InChI=1S/C15H23N3O3/c1-10(2)8-13(18-15(16)20)14(19)17-9-11-4-6-12(21-3)7-5-11/h4-7,10,13H,8-9H2,1-3H3,(H,17,19)(H3,16,18,20)/t13-/m1/s1. The van der Waals surface area contributed by atoms with E-state index in [-0.39, 0.29) is 11.8 Å². The van der Waals surface area contributed by atoms with Crippen LogP contribution in [0.5, 0.6) is 5.75 Å². The van der Waals surface area contributed by atoms with Crippen LogP contribution in [0.25, 0.3) is 0 Å². The smallest absolute Gasteiger partial charge is 0.312 e. The van der Waals surface area contributed by atoms with Crippen molar-refractivity contribution in [3.63, 3.8) is 0 Å². The number of hydrogen-bond acceptors (Lipinski definition) is 3. The average molecular weight is 293 g/mol. The molecule has 0 radical (unpaired) electrons. The van der Waals surface area contributed by atoms with Crippen LogP contribution in [-0.2, 0) is 11.3 Å². The molecule has 116 valence electrons. The van der Waals surface area contributed by atoms with E-state index in [0.717, 1.165) is 11.3 Å². The van der Waals surface area contributed by atoms with E-state index in [1.54, 1.807) is 7.11 Å². The summed E-state index contributed by atoms with van der Waals surface area (Å²) in [5.41, 5.74) is 6.05. The number of methoxy groups -OCH3 is 1. The third-order valence-electron chi connectivity index (χ3n) is 2.97. The summed E-state index contributed by atoms with van der Waals surface area (Å²) < 4.78 is 5.07. The molecule has 6 nitrogen and oxygen atoms in total. The maximum atomic E-state index is 12.1. The van der Waals surface area contributed by atoms with Crippen LogP contribution in [0, 0.1) is 5.92 Å². The first kappa shape index (κ1) is 16.8. The first-order chi connectivity index (χ1) is 9.92. The summed E-state index contributed by atoms with van der Waals surface area (Å²) in [4.78, 5) is 23.1. The van der Waals surface area contributed by atoms with E-state index in [9.17, 15) is 9.59 Å². The van der Waals surface area contributed by atoms with Crippen LogP contribution in [-0.4, -0.2) is 25.1 Å². The van der Waals surface area contributed by atoms with Crippen LogP contribution in [0.1, 0.15) is 25.8 Å². The molecule has 6 heteroatoms. The summed E-state index contributed by atoms with van der Waals surface area (Å²) in [6.45, 7) is 4.34. The number of rotatable bonds is 7. The van der Waals surface area contributed by atoms with Crippen LogP contribution in [0.2, 0.25) is 0 Å². The number of ether oxygens (including phenoxy) is 1. The fourth-order valence-electron chi connectivity index (χ4n) is 1.93. The van der Waals surface area contributed by atoms with Crippen LogP contribution in [0.4, 0.5) is 4.79 Å². The highest BCUT2D eigenvalue weighted by Gasteiger charge is 2.20. The number of carbonyl (C=O) groups excluding carboxylic acids is 2. The summed E-state index contributed by atoms with van der Waals surface area (Å²) >= 11 is 0. The van der Waals surface area contributed by atoms with Crippen molar-refractivity contribution in [1.82, 2.24) is 10.6 Å². The van der Waals surface area contributed by atoms with Gasteiger partial charge < -0.3 is 21.1 Å². The zero-order valence-electron chi connectivity index (χ0n) is 12.7. The van der Waals surface area contributed by atoms with Crippen molar-refractivity contribution >= 4 is 11.9 Å². The highest BCUT2D eigenvalue weighted by molar-refractivity contribution is 5.86. The molecule has 0 saturated carbocycles. The molecular weight excluding hydrogens is 270 g/mol. The lowest BCUT2D eigenvalue weighted by Crippen LogP contribution is -2.48. The Labute approximate surface area is 125 Å². The van der Waals surface area contributed by atoms with Gasteiger partial charge in [0.05, 0.1) is 7.11 Å². The van der Waals surface area contributed by atoms with E-state index in [2.05, 4.69) is 10.6 Å². The Bertz CT molecular complexity index is 472. The lowest BCUT2D eigenvalue weighted by Gasteiger charge is -2.19. The van der Waals surface area contributed by atoms with Crippen molar-refractivity contribution in [3.8, 4) is 5.75 Å². The van der Waals surface area contributed by atoms with E-state index < -0.39 is 12.1 Å². The normalized spacial score (nSPS) is 11.8. The van der Waals surface area contributed by atoms with E-state index >= 15 is 0 Å². The van der Waals surface area contributed by atoms with Crippen molar-refractivity contribution in [3.05, 3.63) is 29.8 Å². The second kappa shape index (κ2) is 8.14. The molecule has 0 fully saturated rings. The van der Waals surface area contributed by atoms with Crippen molar-refractivity contribution in [2.24, 2.45) is 11.7 Å². The van der Waals surface area contributed by atoms with Gasteiger partial charge in [-0.1, -0.05) is 26.0 Å².